The van der Waals surface area contributed by atoms with Gasteiger partial charge in [0.2, 0.25) is 0 Å². The molecule has 2 aromatic carbocycles. The van der Waals surface area contributed by atoms with E-state index < -0.39 is 0 Å². The van der Waals surface area contributed by atoms with Crippen LogP contribution in [0.15, 0.2) is 86.5 Å². The van der Waals surface area contributed by atoms with Gasteiger partial charge in [0.15, 0.2) is 5.17 Å². The highest BCUT2D eigenvalue weighted by Gasteiger charge is 2.34. The van der Waals surface area contributed by atoms with Crippen molar-refractivity contribution in [3.8, 4) is 5.75 Å². The van der Waals surface area contributed by atoms with Crippen LogP contribution in [0.25, 0.3) is 6.08 Å². The van der Waals surface area contributed by atoms with Gasteiger partial charge >= 0.3 is 0 Å². The van der Waals surface area contributed by atoms with Crippen LogP contribution in [0.1, 0.15) is 16.9 Å². The fourth-order valence-electron chi connectivity index (χ4n) is 3.04. The molecule has 162 valence electrons. The minimum Gasteiger partial charge on any atom is -0.507 e. The number of carbonyl (C=O) groups is 1. The van der Waals surface area contributed by atoms with Crippen molar-refractivity contribution < 1.29 is 14.3 Å². The fourth-order valence-corrected chi connectivity index (χ4v) is 3.97. The molecule has 1 amide bonds. The van der Waals surface area contributed by atoms with Crippen LogP contribution in [-0.4, -0.2) is 41.4 Å². The Balaban J connectivity index is 1.61. The molecule has 8 heteroatoms. The number of carbonyl (C=O) groups excluding carboxylic acids is 1. The number of hydrogen-bond donors (Lipinski definition) is 1. The third-order valence-corrected chi connectivity index (χ3v) is 5.76. The van der Waals surface area contributed by atoms with Crippen LogP contribution in [0.3, 0.4) is 0 Å². The van der Waals surface area contributed by atoms with E-state index in [4.69, 9.17) is 4.42 Å². The summed E-state index contributed by atoms with van der Waals surface area (Å²) in [5.41, 5.74) is 2.54. The van der Waals surface area contributed by atoms with Crippen LogP contribution in [-0.2, 0) is 11.3 Å². The number of furan rings is 1. The van der Waals surface area contributed by atoms with E-state index in [0.717, 1.165) is 11.3 Å². The molecule has 0 unspecified atom stereocenters. The molecule has 0 saturated carbocycles. The SMILES string of the molecule is CN(C)c1ccc(/C=C2\S/C(=N\N=C\c3ccccc3O)N(Cc3ccco3)C2=O)cc1. The van der Waals surface area contributed by atoms with Crippen molar-refractivity contribution in [3.63, 3.8) is 0 Å². The summed E-state index contributed by atoms with van der Waals surface area (Å²) in [4.78, 5) is 17.2. The monoisotopic (exact) mass is 446 g/mol. The first-order chi connectivity index (χ1) is 15.5. The topological polar surface area (TPSA) is 81.6 Å². The molecule has 0 radical (unpaired) electrons. The van der Waals surface area contributed by atoms with Gasteiger partial charge in [-0.15, -0.1) is 5.10 Å². The maximum Gasteiger partial charge on any atom is 0.267 e. The Morgan fingerprint density at radius 3 is 2.56 bits per heavy atom. The highest BCUT2D eigenvalue weighted by molar-refractivity contribution is 8.18. The number of anilines is 1. The smallest absolute Gasteiger partial charge is 0.267 e. The molecule has 0 atom stereocenters. The van der Waals surface area contributed by atoms with Gasteiger partial charge in [-0.25, -0.2) is 0 Å². The van der Waals surface area contributed by atoms with Crippen LogP contribution in [0.2, 0.25) is 0 Å². The lowest BCUT2D eigenvalue weighted by atomic mass is 10.2. The molecule has 7 nitrogen and oxygen atoms in total. The van der Waals surface area contributed by atoms with Crippen molar-refractivity contribution in [3.05, 3.63) is 88.7 Å². The maximum atomic E-state index is 13.1. The zero-order chi connectivity index (χ0) is 22.5. The molecule has 0 aliphatic carbocycles. The average Bonchev–Trinajstić information content (AvgIpc) is 3.40. The normalized spacial score (nSPS) is 16.6. The fraction of sp³-hybridized carbons (Fsp3) is 0.125. The van der Waals surface area contributed by atoms with E-state index >= 15 is 0 Å². The number of para-hydroxylation sites is 1. The molecule has 1 N–H and O–H groups in total. The molecule has 1 saturated heterocycles. The predicted molar refractivity (Wildman–Crippen MR) is 129 cm³/mol. The Morgan fingerprint density at radius 1 is 1.09 bits per heavy atom. The largest absolute Gasteiger partial charge is 0.507 e. The highest BCUT2D eigenvalue weighted by Crippen LogP contribution is 2.34. The standard InChI is InChI=1S/C24H22N4O3S/c1-27(2)19-11-9-17(10-12-19)14-22-23(30)28(16-20-7-5-13-31-20)24(32-22)26-25-15-18-6-3-4-8-21(18)29/h3-15,29H,16H2,1-2H3/b22-14-,25-15+,26-24-. The first-order valence-electron chi connectivity index (χ1n) is 9.91. The summed E-state index contributed by atoms with van der Waals surface area (Å²) >= 11 is 1.25. The number of benzene rings is 2. The van der Waals surface area contributed by atoms with E-state index in [-0.39, 0.29) is 18.2 Å². The van der Waals surface area contributed by atoms with Crippen molar-refractivity contribution in [2.45, 2.75) is 6.54 Å². The first-order valence-corrected chi connectivity index (χ1v) is 10.7. The number of thioether (sulfide) groups is 1. The van der Waals surface area contributed by atoms with Gasteiger partial charge in [0.1, 0.15) is 11.5 Å². The molecular formula is C24H22N4O3S. The molecule has 2 heterocycles. The van der Waals surface area contributed by atoms with Crippen molar-refractivity contribution in [2.24, 2.45) is 10.2 Å². The molecule has 4 rings (SSSR count). The van der Waals surface area contributed by atoms with E-state index in [1.807, 2.05) is 55.4 Å². The lowest BCUT2D eigenvalue weighted by Gasteiger charge is -2.12. The minimum absolute atomic E-state index is 0.112. The van der Waals surface area contributed by atoms with Crippen LogP contribution >= 0.6 is 11.8 Å². The highest BCUT2D eigenvalue weighted by atomic mass is 32.2. The second-order valence-electron chi connectivity index (χ2n) is 7.25. The summed E-state index contributed by atoms with van der Waals surface area (Å²) in [6, 6.07) is 18.4. The van der Waals surface area contributed by atoms with E-state index in [1.54, 1.807) is 36.6 Å². The maximum absolute atomic E-state index is 13.1. The molecule has 3 aromatic rings. The van der Waals surface area contributed by atoms with Crippen LogP contribution in [0.4, 0.5) is 5.69 Å². The Kier molecular flexibility index (Phi) is 6.42. The van der Waals surface area contributed by atoms with Crippen molar-refractivity contribution >= 4 is 40.8 Å². The van der Waals surface area contributed by atoms with E-state index in [0.29, 0.717) is 21.4 Å². The van der Waals surface area contributed by atoms with Gasteiger partial charge in [-0.3, -0.25) is 9.69 Å². The molecule has 1 aliphatic heterocycles. The molecule has 0 spiro atoms. The van der Waals surface area contributed by atoms with Gasteiger partial charge in [-0.1, -0.05) is 24.3 Å². The van der Waals surface area contributed by atoms with Gasteiger partial charge < -0.3 is 14.4 Å². The van der Waals surface area contributed by atoms with E-state index in [1.165, 1.54) is 22.9 Å². The Labute approximate surface area is 190 Å². The Hall–Kier alpha value is -3.78. The number of phenolic OH excluding ortho intramolecular Hbond substituents is 1. The predicted octanol–water partition coefficient (Wildman–Crippen LogP) is 4.56. The number of aromatic hydroxyl groups is 1. The van der Waals surface area contributed by atoms with Gasteiger partial charge in [0.05, 0.1) is 23.9 Å². The number of nitrogens with zero attached hydrogens (tertiary/aromatic N) is 4. The lowest BCUT2D eigenvalue weighted by Crippen LogP contribution is -2.28. The third kappa shape index (κ3) is 4.92. The number of amidine groups is 1. The second-order valence-corrected chi connectivity index (χ2v) is 8.26. The number of phenols is 1. The Bertz CT molecular complexity index is 1180. The molecule has 32 heavy (non-hydrogen) atoms. The number of rotatable bonds is 6. The summed E-state index contributed by atoms with van der Waals surface area (Å²) in [7, 11) is 3.96. The second kappa shape index (κ2) is 9.57. The van der Waals surface area contributed by atoms with Crippen LogP contribution in [0, 0.1) is 0 Å². The summed E-state index contributed by atoms with van der Waals surface area (Å²) in [5.74, 6) is 0.591. The van der Waals surface area contributed by atoms with E-state index in [9.17, 15) is 9.90 Å². The van der Waals surface area contributed by atoms with Gasteiger partial charge in [0, 0.05) is 25.3 Å². The lowest BCUT2D eigenvalue weighted by molar-refractivity contribution is -0.122. The van der Waals surface area contributed by atoms with Crippen molar-refractivity contribution in [2.75, 3.05) is 19.0 Å². The van der Waals surface area contributed by atoms with Crippen molar-refractivity contribution in [1.82, 2.24) is 4.90 Å². The summed E-state index contributed by atoms with van der Waals surface area (Å²) < 4.78 is 5.42. The first kappa shape index (κ1) is 21.5. The van der Waals surface area contributed by atoms with Gasteiger partial charge in [-0.05, 0) is 59.8 Å². The molecule has 1 aromatic heterocycles. The Morgan fingerprint density at radius 2 is 1.88 bits per heavy atom. The average molecular weight is 447 g/mol. The number of amides is 1. The molecular weight excluding hydrogens is 424 g/mol. The molecule has 1 fully saturated rings. The van der Waals surface area contributed by atoms with Crippen molar-refractivity contribution in [1.29, 1.82) is 0 Å². The van der Waals surface area contributed by atoms with E-state index in [2.05, 4.69) is 10.2 Å². The number of hydrogen-bond acceptors (Lipinski definition) is 7. The van der Waals surface area contributed by atoms with Gasteiger partial charge in [-0.2, -0.15) is 5.10 Å². The summed E-state index contributed by atoms with van der Waals surface area (Å²) in [6.07, 6.45) is 4.87. The zero-order valence-corrected chi connectivity index (χ0v) is 18.5. The molecule has 0 bridgehead atoms. The van der Waals surface area contributed by atoms with Crippen LogP contribution in [0.5, 0.6) is 5.75 Å². The minimum atomic E-state index is -0.167. The summed E-state index contributed by atoms with van der Waals surface area (Å²) in [5, 5.41) is 18.7. The third-order valence-electron chi connectivity index (χ3n) is 4.77. The van der Waals surface area contributed by atoms with Gasteiger partial charge in [0.25, 0.3) is 5.91 Å². The molecule has 1 aliphatic rings. The zero-order valence-electron chi connectivity index (χ0n) is 17.7. The van der Waals surface area contributed by atoms with Crippen LogP contribution < -0.4 is 4.90 Å². The summed E-state index contributed by atoms with van der Waals surface area (Å²) in [6.45, 7) is 0.251. The quantitative estimate of drug-likeness (QED) is 0.341.